The monoisotopic (exact) mass is 325 g/mol. The van der Waals surface area contributed by atoms with Crippen LogP contribution in [0, 0.1) is 17.8 Å². The maximum absolute atomic E-state index is 12.1. The summed E-state index contributed by atoms with van der Waals surface area (Å²) in [5, 5.41) is 0. The highest BCUT2D eigenvalue weighted by Gasteiger charge is 2.35. The first-order chi connectivity index (χ1) is 11.0. The molecule has 134 valence electrons. The fourth-order valence-corrected chi connectivity index (χ4v) is 4.10. The van der Waals surface area contributed by atoms with Gasteiger partial charge in [-0.25, -0.2) is 0 Å². The number of rotatable bonds is 5. The second kappa shape index (κ2) is 9.03. The van der Waals surface area contributed by atoms with Gasteiger partial charge in [0.15, 0.2) is 0 Å². The Labute approximate surface area is 141 Å². The third kappa shape index (κ3) is 5.75. The van der Waals surface area contributed by atoms with Gasteiger partial charge in [-0.1, -0.05) is 46.0 Å². The van der Waals surface area contributed by atoms with Crippen LogP contribution in [0.3, 0.4) is 0 Å². The Morgan fingerprint density at radius 2 is 1.87 bits per heavy atom. The molecule has 1 aliphatic heterocycles. The molecule has 1 saturated heterocycles. The van der Waals surface area contributed by atoms with E-state index in [-0.39, 0.29) is 18.2 Å². The summed E-state index contributed by atoms with van der Waals surface area (Å²) in [5.41, 5.74) is 5.94. The maximum Gasteiger partial charge on any atom is 0.323 e. The molecule has 2 rings (SSSR count). The second-order valence-electron chi connectivity index (χ2n) is 8.02. The molecule has 1 saturated carbocycles. The molecular weight excluding hydrogens is 290 g/mol. The van der Waals surface area contributed by atoms with Gasteiger partial charge in [0.1, 0.15) is 12.1 Å². The van der Waals surface area contributed by atoms with Crippen LogP contribution in [0.25, 0.3) is 0 Å². The number of hydrogen-bond acceptors (Lipinski definition) is 4. The molecule has 2 N–H and O–H groups in total. The van der Waals surface area contributed by atoms with Gasteiger partial charge in [-0.3, -0.25) is 4.79 Å². The molecule has 1 heterocycles. The van der Waals surface area contributed by atoms with Crippen LogP contribution >= 0.6 is 0 Å². The molecular formula is C19H35NO3. The number of esters is 1. The Hall–Kier alpha value is -0.610. The molecule has 0 aromatic carbocycles. The zero-order chi connectivity index (χ0) is 16.8. The van der Waals surface area contributed by atoms with Gasteiger partial charge in [0.25, 0.3) is 0 Å². The summed E-state index contributed by atoms with van der Waals surface area (Å²) in [4.78, 5) is 12.1. The van der Waals surface area contributed by atoms with Gasteiger partial charge in [0.05, 0.1) is 6.10 Å². The average Bonchev–Trinajstić information content (AvgIpc) is 2.99. The van der Waals surface area contributed by atoms with Crippen molar-refractivity contribution in [3.63, 3.8) is 0 Å². The van der Waals surface area contributed by atoms with E-state index >= 15 is 0 Å². The standard InChI is InChI=1S/C19H35NO3/c1-13(2)12-22-18-14(3)23-19(21)17(20)10-6-9-16(18)11-15-7-4-5-8-15/h13-18H,4-12,20H2,1-3H3/t14-,16+,17-,18-/m0/s1. The lowest BCUT2D eigenvalue weighted by atomic mass is 9.83. The van der Waals surface area contributed by atoms with Gasteiger partial charge in [-0.05, 0) is 43.9 Å². The van der Waals surface area contributed by atoms with E-state index in [1.807, 2.05) is 6.92 Å². The van der Waals surface area contributed by atoms with Crippen molar-refractivity contribution in [1.29, 1.82) is 0 Å². The largest absolute Gasteiger partial charge is 0.459 e. The van der Waals surface area contributed by atoms with Gasteiger partial charge >= 0.3 is 5.97 Å². The molecule has 4 atom stereocenters. The van der Waals surface area contributed by atoms with Gasteiger partial charge in [-0.2, -0.15) is 0 Å². The van der Waals surface area contributed by atoms with Crippen molar-refractivity contribution in [2.75, 3.05) is 6.61 Å². The second-order valence-corrected chi connectivity index (χ2v) is 8.02. The summed E-state index contributed by atoms with van der Waals surface area (Å²) in [6.45, 7) is 7.02. The summed E-state index contributed by atoms with van der Waals surface area (Å²) < 4.78 is 11.9. The van der Waals surface area contributed by atoms with E-state index < -0.39 is 6.04 Å². The molecule has 0 radical (unpaired) electrons. The van der Waals surface area contributed by atoms with Crippen LogP contribution in [0.5, 0.6) is 0 Å². The van der Waals surface area contributed by atoms with Crippen molar-refractivity contribution in [2.45, 2.75) is 90.4 Å². The Morgan fingerprint density at radius 3 is 2.52 bits per heavy atom. The molecule has 1 aliphatic carbocycles. The lowest BCUT2D eigenvalue weighted by Crippen LogP contribution is -2.41. The van der Waals surface area contributed by atoms with E-state index in [0.717, 1.165) is 31.8 Å². The first-order valence-corrected chi connectivity index (χ1v) is 9.55. The van der Waals surface area contributed by atoms with Crippen molar-refractivity contribution < 1.29 is 14.3 Å². The summed E-state index contributed by atoms with van der Waals surface area (Å²) in [6, 6.07) is -0.478. The molecule has 4 heteroatoms. The molecule has 0 spiro atoms. The van der Waals surface area contributed by atoms with E-state index in [1.54, 1.807) is 0 Å². The van der Waals surface area contributed by atoms with Gasteiger partial charge < -0.3 is 15.2 Å². The minimum atomic E-state index is -0.478. The van der Waals surface area contributed by atoms with E-state index in [2.05, 4.69) is 13.8 Å². The van der Waals surface area contributed by atoms with Crippen LogP contribution in [0.1, 0.15) is 72.1 Å². The summed E-state index contributed by atoms with van der Waals surface area (Å²) in [5.74, 6) is 1.52. The Bertz CT molecular complexity index is 366. The fraction of sp³-hybridized carbons (Fsp3) is 0.947. The van der Waals surface area contributed by atoms with Gasteiger partial charge in [0, 0.05) is 6.61 Å². The predicted molar refractivity (Wildman–Crippen MR) is 92.0 cm³/mol. The van der Waals surface area contributed by atoms with E-state index in [4.69, 9.17) is 15.2 Å². The van der Waals surface area contributed by atoms with Gasteiger partial charge in [-0.15, -0.1) is 0 Å². The number of nitrogens with two attached hydrogens (primary N) is 1. The first kappa shape index (κ1) is 18.7. The summed E-state index contributed by atoms with van der Waals surface area (Å²) in [7, 11) is 0. The quantitative estimate of drug-likeness (QED) is 0.784. The SMILES string of the molecule is CC(C)CO[C@@H]1[C@@H](CC2CCCC2)CCC[C@H](N)C(=O)O[C@H]1C. The number of cyclic esters (lactones) is 1. The van der Waals surface area contributed by atoms with Crippen LogP contribution in [0.4, 0.5) is 0 Å². The third-order valence-electron chi connectivity index (χ3n) is 5.35. The van der Waals surface area contributed by atoms with Crippen LogP contribution in [0.2, 0.25) is 0 Å². The highest BCUT2D eigenvalue weighted by molar-refractivity contribution is 5.75. The minimum absolute atomic E-state index is 0.00671. The maximum atomic E-state index is 12.1. The van der Waals surface area contributed by atoms with E-state index in [0.29, 0.717) is 11.8 Å². The third-order valence-corrected chi connectivity index (χ3v) is 5.35. The van der Waals surface area contributed by atoms with Crippen LogP contribution < -0.4 is 5.73 Å². The zero-order valence-electron chi connectivity index (χ0n) is 15.1. The van der Waals surface area contributed by atoms with Crippen LogP contribution in [-0.4, -0.2) is 30.8 Å². The Balaban J connectivity index is 2.08. The summed E-state index contributed by atoms with van der Waals surface area (Å²) in [6.07, 6.45) is 9.24. The minimum Gasteiger partial charge on any atom is -0.459 e. The van der Waals surface area contributed by atoms with Gasteiger partial charge in [0.2, 0.25) is 0 Å². The lowest BCUT2D eigenvalue weighted by Gasteiger charge is -2.33. The molecule has 2 fully saturated rings. The molecule has 23 heavy (non-hydrogen) atoms. The molecule has 0 aromatic heterocycles. The van der Waals surface area contributed by atoms with E-state index in [1.165, 1.54) is 32.1 Å². The topological polar surface area (TPSA) is 61.5 Å². The molecule has 0 aromatic rings. The average molecular weight is 325 g/mol. The van der Waals surface area contributed by atoms with Crippen LogP contribution in [0.15, 0.2) is 0 Å². The van der Waals surface area contributed by atoms with Crippen molar-refractivity contribution in [3.8, 4) is 0 Å². The zero-order valence-corrected chi connectivity index (χ0v) is 15.1. The molecule has 0 bridgehead atoms. The highest BCUT2D eigenvalue weighted by Crippen LogP contribution is 2.36. The Kier molecular flexibility index (Phi) is 7.35. The highest BCUT2D eigenvalue weighted by atomic mass is 16.6. The molecule has 4 nitrogen and oxygen atoms in total. The number of ether oxygens (including phenoxy) is 2. The smallest absolute Gasteiger partial charge is 0.323 e. The van der Waals surface area contributed by atoms with Crippen molar-refractivity contribution >= 4 is 5.97 Å². The summed E-state index contributed by atoms with van der Waals surface area (Å²) >= 11 is 0. The number of carbonyl (C=O) groups excluding carboxylic acids is 1. The fourth-order valence-electron chi connectivity index (χ4n) is 4.10. The lowest BCUT2D eigenvalue weighted by molar-refractivity contribution is -0.161. The Morgan fingerprint density at radius 1 is 1.17 bits per heavy atom. The normalized spacial score (nSPS) is 34.0. The van der Waals surface area contributed by atoms with Crippen LogP contribution in [-0.2, 0) is 14.3 Å². The molecule has 2 aliphatic rings. The number of carbonyl (C=O) groups is 1. The van der Waals surface area contributed by atoms with Crippen molar-refractivity contribution in [3.05, 3.63) is 0 Å². The van der Waals surface area contributed by atoms with Crippen molar-refractivity contribution in [1.82, 2.24) is 0 Å². The predicted octanol–water partition coefficient (Wildman–Crippen LogP) is 3.67. The van der Waals surface area contributed by atoms with Crippen molar-refractivity contribution in [2.24, 2.45) is 23.5 Å². The van der Waals surface area contributed by atoms with E-state index in [9.17, 15) is 4.79 Å². The molecule has 0 amide bonds. The number of hydrogen-bond donors (Lipinski definition) is 1. The first-order valence-electron chi connectivity index (χ1n) is 9.55. The molecule has 0 unspecified atom stereocenters.